The number of rotatable bonds is 4. The Morgan fingerprint density at radius 2 is 2.07 bits per heavy atom. The summed E-state index contributed by atoms with van der Waals surface area (Å²) in [4.78, 5) is 2.31. The molecule has 0 amide bonds. The summed E-state index contributed by atoms with van der Waals surface area (Å²) < 4.78 is 5.27. The maximum absolute atomic E-state index is 9.88. The summed E-state index contributed by atoms with van der Waals surface area (Å²) in [5.74, 6) is 0.126. The number of aliphatic hydroxyl groups is 1. The average Bonchev–Trinajstić information content (AvgIpc) is 2.14. The van der Waals surface area contributed by atoms with Crippen LogP contribution in [0.3, 0.4) is 0 Å². The van der Waals surface area contributed by atoms with Crippen molar-refractivity contribution in [2.24, 2.45) is 5.92 Å². The monoisotopic (exact) mass is 199 g/mol. The second-order valence-electron chi connectivity index (χ2n) is 4.41. The summed E-state index contributed by atoms with van der Waals surface area (Å²) in [6, 6.07) is 0. The molecule has 1 aliphatic rings. The fourth-order valence-corrected chi connectivity index (χ4v) is 1.65. The van der Waals surface area contributed by atoms with Gasteiger partial charge in [-0.2, -0.15) is 0 Å². The minimum atomic E-state index is -0.681. The Morgan fingerprint density at radius 1 is 1.50 bits per heavy atom. The highest BCUT2D eigenvalue weighted by atomic mass is 16.5. The Kier molecular flexibility index (Phi) is 4.11. The van der Waals surface area contributed by atoms with Gasteiger partial charge in [-0.3, -0.25) is 4.90 Å². The molecule has 0 aromatic rings. The van der Waals surface area contributed by atoms with Crippen molar-refractivity contribution >= 4 is 0 Å². The van der Waals surface area contributed by atoms with Crippen molar-refractivity contribution in [2.75, 3.05) is 32.8 Å². The van der Waals surface area contributed by atoms with Crippen LogP contribution in [0.15, 0.2) is 12.7 Å². The van der Waals surface area contributed by atoms with Crippen molar-refractivity contribution in [2.45, 2.75) is 19.4 Å². The van der Waals surface area contributed by atoms with Crippen LogP contribution in [0.25, 0.3) is 0 Å². The van der Waals surface area contributed by atoms with Crippen molar-refractivity contribution < 1.29 is 9.84 Å². The first-order valence-electron chi connectivity index (χ1n) is 5.19. The number of ether oxygens (including phenoxy) is 1. The zero-order valence-electron chi connectivity index (χ0n) is 9.20. The van der Waals surface area contributed by atoms with E-state index in [0.717, 1.165) is 32.8 Å². The molecule has 82 valence electrons. The van der Waals surface area contributed by atoms with E-state index in [-0.39, 0.29) is 5.92 Å². The molecule has 0 aromatic carbocycles. The van der Waals surface area contributed by atoms with Gasteiger partial charge in [-0.1, -0.05) is 6.08 Å². The van der Waals surface area contributed by atoms with Crippen LogP contribution in [-0.4, -0.2) is 48.5 Å². The summed E-state index contributed by atoms with van der Waals surface area (Å²) >= 11 is 0. The van der Waals surface area contributed by atoms with Gasteiger partial charge in [-0.25, -0.2) is 0 Å². The van der Waals surface area contributed by atoms with Crippen LogP contribution in [0.4, 0.5) is 0 Å². The van der Waals surface area contributed by atoms with Gasteiger partial charge in [0.15, 0.2) is 0 Å². The van der Waals surface area contributed by atoms with E-state index in [1.807, 2.05) is 19.9 Å². The van der Waals surface area contributed by atoms with Crippen molar-refractivity contribution in [1.29, 1.82) is 0 Å². The Bertz CT molecular complexity index is 180. The van der Waals surface area contributed by atoms with Crippen LogP contribution in [0.1, 0.15) is 13.8 Å². The molecule has 0 spiro atoms. The quantitative estimate of drug-likeness (QED) is 0.683. The second-order valence-corrected chi connectivity index (χ2v) is 4.41. The van der Waals surface area contributed by atoms with Gasteiger partial charge in [0.25, 0.3) is 0 Å². The van der Waals surface area contributed by atoms with E-state index in [0.29, 0.717) is 0 Å². The van der Waals surface area contributed by atoms with Crippen LogP contribution in [-0.2, 0) is 4.74 Å². The summed E-state index contributed by atoms with van der Waals surface area (Å²) in [6.45, 7) is 11.8. The highest BCUT2D eigenvalue weighted by Gasteiger charge is 2.26. The van der Waals surface area contributed by atoms with Gasteiger partial charge in [0.1, 0.15) is 0 Å². The Hall–Kier alpha value is -0.380. The Morgan fingerprint density at radius 3 is 2.50 bits per heavy atom. The summed E-state index contributed by atoms with van der Waals surface area (Å²) in [6.07, 6.45) is 1.84. The van der Waals surface area contributed by atoms with Crippen LogP contribution >= 0.6 is 0 Å². The first-order chi connectivity index (χ1) is 6.54. The zero-order valence-corrected chi connectivity index (χ0v) is 9.20. The second kappa shape index (κ2) is 4.91. The zero-order chi connectivity index (χ0) is 10.6. The van der Waals surface area contributed by atoms with Crippen LogP contribution in [0, 0.1) is 5.92 Å². The van der Waals surface area contributed by atoms with Gasteiger partial charge < -0.3 is 9.84 Å². The lowest BCUT2D eigenvalue weighted by molar-refractivity contribution is -0.00744. The fraction of sp³-hybridized carbons (Fsp3) is 0.818. The normalized spacial score (nSPS) is 21.9. The molecule has 0 aliphatic carbocycles. The van der Waals surface area contributed by atoms with E-state index in [9.17, 15) is 5.11 Å². The van der Waals surface area contributed by atoms with Gasteiger partial charge in [-0.05, 0) is 13.8 Å². The van der Waals surface area contributed by atoms with Crippen LogP contribution in [0.2, 0.25) is 0 Å². The lowest BCUT2D eigenvalue weighted by Crippen LogP contribution is -2.44. The predicted molar refractivity (Wildman–Crippen MR) is 57.2 cm³/mol. The molecular weight excluding hydrogens is 178 g/mol. The highest BCUT2D eigenvalue weighted by molar-refractivity contribution is 4.92. The number of hydrogen-bond acceptors (Lipinski definition) is 3. The Balaban J connectivity index is 2.43. The molecule has 0 bridgehead atoms. The summed E-state index contributed by atoms with van der Waals surface area (Å²) in [7, 11) is 0. The molecule has 0 aromatic heterocycles. The van der Waals surface area contributed by atoms with Gasteiger partial charge in [0.2, 0.25) is 0 Å². The smallest absolute Gasteiger partial charge is 0.0666 e. The van der Waals surface area contributed by atoms with E-state index in [1.54, 1.807) is 0 Å². The molecule has 3 nitrogen and oxygen atoms in total. The van der Waals surface area contributed by atoms with Crippen molar-refractivity contribution in [3.8, 4) is 0 Å². The molecule has 0 saturated carbocycles. The summed E-state index contributed by atoms with van der Waals surface area (Å²) in [5.41, 5.74) is -0.681. The van der Waals surface area contributed by atoms with Crippen LogP contribution < -0.4 is 0 Å². The Labute approximate surface area is 86.4 Å². The largest absolute Gasteiger partial charge is 0.390 e. The maximum atomic E-state index is 9.88. The molecular formula is C11H21NO2. The van der Waals surface area contributed by atoms with E-state index in [4.69, 9.17) is 4.74 Å². The molecule has 1 aliphatic heterocycles. The molecule has 1 rings (SSSR count). The average molecular weight is 199 g/mol. The number of nitrogens with zero attached hydrogens (tertiary/aromatic N) is 1. The lowest BCUT2D eigenvalue weighted by atomic mass is 9.90. The first kappa shape index (κ1) is 11.7. The molecule has 1 fully saturated rings. The van der Waals surface area contributed by atoms with E-state index < -0.39 is 5.60 Å². The molecule has 1 unspecified atom stereocenters. The van der Waals surface area contributed by atoms with E-state index in [2.05, 4.69) is 11.5 Å². The summed E-state index contributed by atoms with van der Waals surface area (Å²) in [5, 5.41) is 9.88. The van der Waals surface area contributed by atoms with Gasteiger partial charge >= 0.3 is 0 Å². The van der Waals surface area contributed by atoms with E-state index in [1.165, 1.54) is 0 Å². The molecule has 1 saturated heterocycles. The third-order valence-corrected chi connectivity index (χ3v) is 2.75. The third-order valence-electron chi connectivity index (χ3n) is 2.75. The molecule has 3 heteroatoms. The minimum Gasteiger partial charge on any atom is -0.390 e. The van der Waals surface area contributed by atoms with E-state index >= 15 is 0 Å². The SMILES string of the molecule is C=CC(CN1CCOCC1)C(C)(C)O. The standard InChI is InChI=1S/C11H21NO2/c1-4-10(11(2,3)13)9-12-5-7-14-8-6-12/h4,10,13H,1,5-9H2,2-3H3. The van der Waals surface area contributed by atoms with Gasteiger partial charge in [0, 0.05) is 25.6 Å². The number of morpholine rings is 1. The maximum Gasteiger partial charge on any atom is 0.0666 e. The molecule has 0 radical (unpaired) electrons. The van der Waals surface area contributed by atoms with Gasteiger partial charge in [0.05, 0.1) is 18.8 Å². The van der Waals surface area contributed by atoms with Gasteiger partial charge in [-0.15, -0.1) is 6.58 Å². The topological polar surface area (TPSA) is 32.7 Å². The molecule has 1 atom stereocenters. The first-order valence-corrected chi connectivity index (χ1v) is 5.19. The number of hydrogen-bond donors (Lipinski definition) is 1. The van der Waals surface area contributed by atoms with Crippen molar-refractivity contribution in [1.82, 2.24) is 4.90 Å². The van der Waals surface area contributed by atoms with Crippen LogP contribution in [0.5, 0.6) is 0 Å². The minimum absolute atomic E-state index is 0.126. The third kappa shape index (κ3) is 3.40. The lowest BCUT2D eigenvalue weighted by Gasteiger charge is -2.34. The van der Waals surface area contributed by atoms with Crippen molar-refractivity contribution in [3.63, 3.8) is 0 Å². The molecule has 1 N–H and O–H groups in total. The molecule has 1 heterocycles. The predicted octanol–water partition coefficient (Wildman–Crippen LogP) is 0.892. The van der Waals surface area contributed by atoms with Crippen molar-refractivity contribution in [3.05, 3.63) is 12.7 Å². The highest BCUT2D eigenvalue weighted by Crippen LogP contribution is 2.19. The molecule has 14 heavy (non-hydrogen) atoms. The fourth-order valence-electron chi connectivity index (χ4n) is 1.65.